The van der Waals surface area contributed by atoms with Crippen molar-refractivity contribution < 1.29 is 0 Å². The highest BCUT2D eigenvalue weighted by Gasteiger charge is 2.30. The molecule has 1 heterocycles. The molecule has 0 amide bonds. The lowest BCUT2D eigenvalue weighted by Gasteiger charge is -2.32. The molecule has 0 aromatic heterocycles. The van der Waals surface area contributed by atoms with Crippen LogP contribution in [-0.2, 0) is 4.08 Å². The van der Waals surface area contributed by atoms with E-state index in [1.807, 2.05) is 0 Å². The van der Waals surface area contributed by atoms with E-state index in [0.29, 0.717) is 0 Å². The maximum atomic E-state index is 3.53. The van der Waals surface area contributed by atoms with Crippen LogP contribution in [0.4, 0.5) is 0 Å². The molecule has 0 nitrogen and oxygen atoms in total. The van der Waals surface area contributed by atoms with Crippen LogP contribution in [0.25, 0.3) is 0 Å². The minimum atomic E-state index is 0.266. The number of hydrogen-bond donors (Lipinski definition) is 0. The van der Waals surface area contributed by atoms with Crippen LogP contribution >= 0.6 is 39.5 Å². The van der Waals surface area contributed by atoms with Gasteiger partial charge in [0.2, 0.25) is 0 Å². The Balaban J connectivity index is 2.28. The molecule has 1 fully saturated rings. The molecule has 1 aliphatic heterocycles. The van der Waals surface area contributed by atoms with E-state index >= 15 is 0 Å². The Morgan fingerprint density at radius 2 is 2.00 bits per heavy atom. The zero-order valence-electron chi connectivity index (χ0n) is 8.13. The molecule has 0 N–H and O–H groups in total. The van der Waals surface area contributed by atoms with Crippen LogP contribution < -0.4 is 0 Å². The molecular formula is C11H13BrS2. The normalized spacial score (nSPS) is 20.7. The molecule has 1 saturated heterocycles. The largest absolute Gasteiger partial charge is 0.140 e. The first kappa shape index (κ1) is 10.9. The highest BCUT2D eigenvalue weighted by atomic mass is 79.9. The predicted molar refractivity (Wildman–Crippen MR) is 71.0 cm³/mol. The molecule has 3 heteroatoms. The van der Waals surface area contributed by atoms with Gasteiger partial charge >= 0.3 is 0 Å². The molecule has 1 aromatic rings. The average Bonchev–Trinajstić information content (AvgIpc) is 2.19. The Bertz CT molecular complexity index is 319. The summed E-state index contributed by atoms with van der Waals surface area (Å²) in [5, 5.41) is 0. The quantitative estimate of drug-likeness (QED) is 0.747. The van der Waals surface area contributed by atoms with Crippen molar-refractivity contribution >= 4 is 39.5 Å². The minimum absolute atomic E-state index is 0.266. The smallest absolute Gasteiger partial charge is 0.0832 e. The van der Waals surface area contributed by atoms with Crippen LogP contribution in [0.5, 0.6) is 0 Å². The molecule has 0 aliphatic carbocycles. The second kappa shape index (κ2) is 4.50. The fourth-order valence-electron chi connectivity index (χ4n) is 1.57. The lowest BCUT2D eigenvalue weighted by atomic mass is 10.2. The van der Waals surface area contributed by atoms with Gasteiger partial charge in [-0.1, -0.05) is 28.1 Å². The summed E-state index contributed by atoms with van der Waals surface area (Å²) in [7, 11) is 0. The molecule has 0 atom stereocenters. The molecule has 0 unspecified atom stereocenters. The van der Waals surface area contributed by atoms with Crippen molar-refractivity contribution in [2.24, 2.45) is 0 Å². The second-order valence-electron chi connectivity index (χ2n) is 3.51. The minimum Gasteiger partial charge on any atom is -0.140 e. The molecular weight excluding hydrogens is 276 g/mol. The summed E-state index contributed by atoms with van der Waals surface area (Å²) in [6, 6.07) is 8.69. The molecule has 0 saturated carbocycles. The molecule has 76 valence electrons. The SMILES string of the molecule is CC1(c2cccc(Br)c2)SCCCS1. The van der Waals surface area contributed by atoms with Crippen LogP contribution in [0.1, 0.15) is 18.9 Å². The highest BCUT2D eigenvalue weighted by molar-refractivity contribution is 9.10. The Hall–Kier alpha value is 0.400. The number of thioether (sulfide) groups is 2. The second-order valence-corrected chi connectivity index (χ2v) is 7.71. The van der Waals surface area contributed by atoms with Gasteiger partial charge in [-0.25, -0.2) is 0 Å². The van der Waals surface area contributed by atoms with E-state index in [2.05, 4.69) is 70.6 Å². The average molecular weight is 289 g/mol. The number of rotatable bonds is 1. The van der Waals surface area contributed by atoms with E-state index in [4.69, 9.17) is 0 Å². The maximum Gasteiger partial charge on any atom is 0.0832 e. The van der Waals surface area contributed by atoms with Gasteiger partial charge in [-0.2, -0.15) is 0 Å². The van der Waals surface area contributed by atoms with E-state index in [-0.39, 0.29) is 4.08 Å². The van der Waals surface area contributed by atoms with Crippen molar-refractivity contribution in [3.8, 4) is 0 Å². The summed E-state index contributed by atoms with van der Waals surface area (Å²) in [4.78, 5) is 0. The third kappa shape index (κ3) is 2.31. The van der Waals surface area contributed by atoms with Gasteiger partial charge in [0.15, 0.2) is 0 Å². The predicted octanol–water partition coefficient (Wildman–Crippen LogP) is 4.49. The topological polar surface area (TPSA) is 0 Å². The van der Waals surface area contributed by atoms with Gasteiger partial charge in [0.25, 0.3) is 0 Å². The van der Waals surface area contributed by atoms with Crippen molar-refractivity contribution in [3.63, 3.8) is 0 Å². The van der Waals surface area contributed by atoms with Gasteiger partial charge in [-0.05, 0) is 42.5 Å². The third-order valence-corrected chi connectivity index (χ3v) is 6.15. The van der Waals surface area contributed by atoms with E-state index in [1.165, 1.54) is 28.0 Å². The zero-order chi connectivity index (χ0) is 10.0. The highest BCUT2D eigenvalue weighted by Crippen LogP contribution is 2.49. The summed E-state index contributed by atoms with van der Waals surface area (Å²) in [5.41, 5.74) is 1.43. The molecule has 0 radical (unpaired) electrons. The number of hydrogen-bond acceptors (Lipinski definition) is 2. The van der Waals surface area contributed by atoms with Gasteiger partial charge < -0.3 is 0 Å². The Kier molecular flexibility index (Phi) is 3.50. The zero-order valence-corrected chi connectivity index (χ0v) is 11.3. The third-order valence-electron chi connectivity index (χ3n) is 2.39. The molecule has 14 heavy (non-hydrogen) atoms. The van der Waals surface area contributed by atoms with Gasteiger partial charge in [0.05, 0.1) is 4.08 Å². The van der Waals surface area contributed by atoms with Gasteiger partial charge in [-0.15, -0.1) is 23.5 Å². The molecule has 1 aliphatic rings. The van der Waals surface area contributed by atoms with Crippen LogP contribution in [0, 0.1) is 0 Å². The monoisotopic (exact) mass is 288 g/mol. The van der Waals surface area contributed by atoms with Crippen LogP contribution in [0.3, 0.4) is 0 Å². The first-order valence-corrected chi connectivity index (χ1v) is 7.51. The van der Waals surface area contributed by atoms with Crippen molar-refractivity contribution in [2.45, 2.75) is 17.4 Å². The summed E-state index contributed by atoms with van der Waals surface area (Å²) >= 11 is 7.67. The van der Waals surface area contributed by atoms with Gasteiger partial charge in [0.1, 0.15) is 0 Å². The van der Waals surface area contributed by atoms with Crippen LogP contribution in [0.2, 0.25) is 0 Å². The number of halogens is 1. The van der Waals surface area contributed by atoms with E-state index < -0.39 is 0 Å². The Labute approximate surface area is 102 Å². The standard InChI is InChI=1S/C11H13BrS2/c1-11(13-6-3-7-14-11)9-4-2-5-10(12)8-9/h2,4-5,8H,3,6-7H2,1H3. The fraction of sp³-hybridized carbons (Fsp3) is 0.455. The van der Waals surface area contributed by atoms with Crippen LogP contribution in [0.15, 0.2) is 28.7 Å². The van der Waals surface area contributed by atoms with Crippen molar-refractivity contribution in [2.75, 3.05) is 11.5 Å². The summed E-state index contributed by atoms with van der Waals surface area (Å²) in [6.45, 7) is 2.34. The fourth-order valence-corrected chi connectivity index (χ4v) is 4.93. The van der Waals surface area contributed by atoms with Gasteiger partial charge in [-0.3, -0.25) is 0 Å². The lowest BCUT2D eigenvalue weighted by Crippen LogP contribution is -2.18. The van der Waals surface area contributed by atoms with E-state index in [0.717, 1.165) is 0 Å². The van der Waals surface area contributed by atoms with Crippen molar-refractivity contribution in [3.05, 3.63) is 34.3 Å². The summed E-state index contributed by atoms with van der Waals surface area (Å²) in [6.07, 6.45) is 1.35. The summed E-state index contributed by atoms with van der Waals surface area (Å²) in [5.74, 6) is 2.58. The maximum absolute atomic E-state index is 3.53. The lowest BCUT2D eigenvalue weighted by molar-refractivity contribution is 0.962. The van der Waals surface area contributed by atoms with E-state index in [1.54, 1.807) is 0 Å². The number of benzene rings is 1. The van der Waals surface area contributed by atoms with E-state index in [9.17, 15) is 0 Å². The molecule has 1 aromatic carbocycles. The van der Waals surface area contributed by atoms with Gasteiger partial charge in [0, 0.05) is 4.47 Å². The van der Waals surface area contributed by atoms with Crippen LogP contribution in [-0.4, -0.2) is 11.5 Å². The van der Waals surface area contributed by atoms with Crippen molar-refractivity contribution in [1.29, 1.82) is 0 Å². The first-order valence-electron chi connectivity index (χ1n) is 4.75. The first-order chi connectivity index (χ1) is 6.71. The summed E-state index contributed by atoms with van der Waals surface area (Å²) < 4.78 is 1.45. The Morgan fingerprint density at radius 3 is 2.64 bits per heavy atom. The molecule has 2 rings (SSSR count). The Morgan fingerprint density at radius 1 is 1.29 bits per heavy atom. The molecule has 0 spiro atoms. The molecule has 0 bridgehead atoms. The van der Waals surface area contributed by atoms with Crippen molar-refractivity contribution in [1.82, 2.24) is 0 Å².